The maximum Gasteiger partial charge on any atom is 0.244 e. The molecule has 1 N–H and O–H groups in total. The lowest BCUT2D eigenvalue weighted by atomic mass is 9.92. The van der Waals surface area contributed by atoms with E-state index in [4.69, 9.17) is 16.3 Å². The highest BCUT2D eigenvalue weighted by atomic mass is 35.5. The number of benzene rings is 2. The Bertz CT molecular complexity index is 900. The van der Waals surface area contributed by atoms with E-state index in [0.717, 1.165) is 42.6 Å². The van der Waals surface area contributed by atoms with E-state index in [9.17, 15) is 8.42 Å². The van der Waals surface area contributed by atoms with Crippen molar-refractivity contribution >= 4 is 33.4 Å². The second-order valence-corrected chi connectivity index (χ2v) is 9.84. The zero-order valence-electron chi connectivity index (χ0n) is 15.3. The minimum atomic E-state index is -3.60. The van der Waals surface area contributed by atoms with Gasteiger partial charge in [0.2, 0.25) is 10.0 Å². The number of aryl methyl sites for hydroxylation is 2. The lowest BCUT2D eigenvalue weighted by Gasteiger charge is -2.19. The molecule has 0 aliphatic heterocycles. The summed E-state index contributed by atoms with van der Waals surface area (Å²) < 4.78 is 33.6. The summed E-state index contributed by atoms with van der Waals surface area (Å²) in [5.74, 6) is 1.90. The van der Waals surface area contributed by atoms with E-state index < -0.39 is 10.0 Å². The van der Waals surface area contributed by atoms with Gasteiger partial charge in [0, 0.05) is 23.1 Å². The van der Waals surface area contributed by atoms with Crippen LogP contribution in [0.25, 0.3) is 0 Å². The highest BCUT2D eigenvalue weighted by molar-refractivity contribution is 7.98. The van der Waals surface area contributed by atoms with Gasteiger partial charge >= 0.3 is 0 Å². The van der Waals surface area contributed by atoms with Crippen molar-refractivity contribution in [2.24, 2.45) is 0 Å². The van der Waals surface area contributed by atoms with Gasteiger partial charge in [-0.1, -0.05) is 23.7 Å². The van der Waals surface area contributed by atoms with Crippen LogP contribution >= 0.6 is 23.4 Å². The van der Waals surface area contributed by atoms with Gasteiger partial charge in [-0.15, -0.1) is 0 Å². The largest absolute Gasteiger partial charge is 0.495 e. The minimum Gasteiger partial charge on any atom is -0.495 e. The first kappa shape index (κ1) is 20.5. The molecule has 0 unspecified atom stereocenters. The number of ether oxygens (including phenoxy) is 1. The molecule has 1 aliphatic carbocycles. The second-order valence-electron chi connectivity index (χ2n) is 6.56. The summed E-state index contributed by atoms with van der Waals surface area (Å²) in [6.45, 7) is 0.369. The fourth-order valence-electron chi connectivity index (χ4n) is 3.25. The van der Waals surface area contributed by atoms with Crippen LogP contribution in [-0.2, 0) is 28.6 Å². The van der Waals surface area contributed by atoms with E-state index in [-0.39, 0.29) is 4.90 Å². The molecule has 1 aliphatic rings. The number of rotatable bonds is 8. The summed E-state index contributed by atoms with van der Waals surface area (Å²) in [6.07, 6.45) is 4.16. The Balaban J connectivity index is 1.59. The molecule has 0 atom stereocenters. The van der Waals surface area contributed by atoms with E-state index >= 15 is 0 Å². The van der Waals surface area contributed by atoms with E-state index in [1.54, 1.807) is 17.8 Å². The zero-order chi connectivity index (χ0) is 19.3. The molecule has 0 aromatic heterocycles. The molecular weight excluding hydrogens is 402 g/mol. The van der Waals surface area contributed by atoms with Gasteiger partial charge in [0.25, 0.3) is 0 Å². The third kappa shape index (κ3) is 5.41. The SMILES string of the molecule is COc1cc2c(cc1S(=O)(=O)NCCSCc1cccc(Cl)c1)CCCC2. The lowest BCUT2D eigenvalue weighted by molar-refractivity contribution is 0.401. The Morgan fingerprint density at radius 2 is 1.89 bits per heavy atom. The van der Waals surface area contributed by atoms with E-state index in [2.05, 4.69) is 4.72 Å². The van der Waals surface area contributed by atoms with Gasteiger partial charge in [0.1, 0.15) is 10.6 Å². The Morgan fingerprint density at radius 3 is 2.59 bits per heavy atom. The number of hydrogen-bond acceptors (Lipinski definition) is 4. The number of fused-ring (bicyclic) bond motifs is 1. The predicted octanol–water partition coefficient (Wildman–Crippen LogP) is 4.44. The average Bonchev–Trinajstić information content (AvgIpc) is 2.66. The number of halogens is 1. The van der Waals surface area contributed by atoms with Gasteiger partial charge in [-0.3, -0.25) is 0 Å². The molecule has 0 saturated carbocycles. The highest BCUT2D eigenvalue weighted by Gasteiger charge is 2.22. The number of nitrogens with one attached hydrogen (secondary N) is 1. The molecule has 0 spiro atoms. The van der Waals surface area contributed by atoms with Crippen molar-refractivity contribution in [1.82, 2.24) is 4.72 Å². The van der Waals surface area contributed by atoms with Crippen LogP contribution in [-0.4, -0.2) is 27.8 Å². The summed E-state index contributed by atoms with van der Waals surface area (Å²) in [5, 5.41) is 0.716. The van der Waals surface area contributed by atoms with Gasteiger partial charge in [-0.05, 0) is 66.6 Å². The van der Waals surface area contributed by atoms with Gasteiger partial charge < -0.3 is 4.74 Å². The van der Waals surface area contributed by atoms with E-state index in [1.165, 1.54) is 12.7 Å². The molecule has 0 fully saturated rings. The Labute approximate surface area is 170 Å². The van der Waals surface area contributed by atoms with E-state index in [1.807, 2.05) is 30.3 Å². The first-order valence-electron chi connectivity index (χ1n) is 9.01. The van der Waals surface area contributed by atoms with Gasteiger partial charge in [0.05, 0.1) is 7.11 Å². The van der Waals surface area contributed by atoms with Crippen molar-refractivity contribution in [3.05, 3.63) is 58.1 Å². The number of thioether (sulfide) groups is 1. The smallest absolute Gasteiger partial charge is 0.244 e. The van der Waals surface area contributed by atoms with Crippen LogP contribution in [0.5, 0.6) is 5.75 Å². The monoisotopic (exact) mass is 425 g/mol. The highest BCUT2D eigenvalue weighted by Crippen LogP contribution is 2.31. The topological polar surface area (TPSA) is 55.4 Å². The summed E-state index contributed by atoms with van der Waals surface area (Å²) in [6, 6.07) is 11.4. The molecular formula is C20H24ClNO3S2. The Kier molecular flexibility index (Phi) is 7.09. The van der Waals surface area contributed by atoms with Crippen LogP contribution < -0.4 is 9.46 Å². The molecule has 0 bridgehead atoms. The third-order valence-electron chi connectivity index (χ3n) is 4.61. The van der Waals surface area contributed by atoms with Crippen LogP contribution in [0.15, 0.2) is 41.3 Å². The maximum atomic E-state index is 12.8. The first-order valence-corrected chi connectivity index (χ1v) is 12.0. The lowest BCUT2D eigenvalue weighted by Crippen LogP contribution is -2.27. The van der Waals surface area contributed by atoms with Gasteiger partial charge in [0.15, 0.2) is 0 Å². The minimum absolute atomic E-state index is 0.241. The van der Waals surface area contributed by atoms with Crippen molar-refractivity contribution < 1.29 is 13.2 Å². The Hall–Kier alpha value is -1.21. The van der Waals surface area contributed by atoms with Crippen molar-refractivity contribution in [2.75, 3.05) is 19.4 Å². The molecule has 0 amide bonds. The molecule has 7 heteroatoms. The second kappa shape index (κ2) is 9.32. The fourth-order valence-corrected chi connectivity index (χ4v) is 5.63. The molecule has 0 saturated heterocycles. The van der Waals surface area contributed by atoms with Crippen molar-refractivity contribution in [3.63, 3.8) is 0 Å². The van der Waals surface area contributed by atoms with Crippen molar-refractivity contribution in [3.8, 4) is 5.75 Å². The van der Waals surface area contributed by atoms with Crippen LogP contribution in [0.2, 0.25) is 5.02 Å². The number of sulfonamides is 1. The molecule has 2 aromatic carbocycles. The van der Waals surface area contributed by atoms with Crippen molar-refractivity contribution in [2.45, 2.75) is 36.3 Å². The predicted molar refractivity (Wildman–Crippen MR) is 112 cm³/mol. The molecule has 2 aromatic rings. The quantitative estimate of drug-likeness (QED) is 0.635. The molecule has 0 heterocycles. The Morgan fingerprint density at radius 1 is 1.15 bits per heavy atom. The zero-order valence-corrected chi connectivity index (χ0v) is 17.7. The maximum absolute atomic E-state index is 12.8. The summed E-state index contributed by atoms with van der Waals surface area (Å²) >= 11 is 7.65. The fraction of sp³-hybridized carbons (Fsp3) is 0.400. The molecule has 4 nitrogen and oxygen atoms in total. The third-order valence-corrected chi connectivity index (χ3v) is 7.36. The number of methoxy groups -OCH3 is 1. The van der Waals surface area contributed by atoms with E-state index in [0.29, 0.717) is 23.1 Å². The summed E-state index contributed by atoms with van der Waals surface area (Å²) in [7, 11) is -2.08. The van der Waals surface area contributed by atoms with Crippen LogP contribution in [0, 0.1) is 0 Å². The van der Waals surface area contributed by atoms with Gasteiger partial charge in [-0.2, -0.15) is 11.8 Å². The van der Waals surface area contributed by atoms with Crippen LogP contribution in [0.3, 0.4) is 0 Å². The van der Waals surface area contributed by atoms with Crippen LogP contribution in [0.1, 0.15) is 29.5 Å². The molecule has 27 heavy (non-hydrogen) atoms. The van der Waals surface area contributed by atoms with Crippen LogP contribution in [0.4, 0.5) is 0 Å². The average molecular weight is 426 g/mol. The number of hydrogen-bond donors (Lipinski definition) is 1. The van der Waals surface area contributed by atoms with Crippen molar-refractivity contribution in [1.29, 1.82) is 0 Å². The standard InChI is InChI=1S/C20H24ClNO3S2/c1-25-19-12-16-6-2-3-7-17(16)13-20(19)27(23,24)22-9-10-26-14-15-5-4-8-18(21)11-15/h4-5,8,11-13,22H,2-3,6-7,9-10,14H2,1H3. The summed E-state index contributed by atoms with van der Waals surface area (Å²) in [4.78, 5) is 0.241. The molecule has 3 rings (SSSR count). The molecule has 0 radical (unpaired) electrons. The first-order chi connectivity index (χ1) is 13.0. The molecule has 146 valence electrons. The van der Waals surface area contributed by atoms with Gasteiger partial charge in [-0.25, -0.2) is 13.1 Å². The summed E-state index contributed by atoms with van der Waals surface area (Å²) in [5.41, 5.74) is 3.46. The normalized spacial score (nSPS) is 14.0.